The smallest absolute Gasteiger partial charge is 0.305 e. The predicted molar refractivity (Wildman–Crippen MR) is 141 cm³/mol. The van der Waals surface area contributed by atoms with Gasteiger partial charge in [0.05, 0.1) is 29.7 Å². The fourth-order valence-corrected chi connectivity index (χ4v) is 4.48. The van der Waals surface area contributed by atoms with Gasteiger partial charge in [0.15, 0.2) is 5.65 Å². The van der Waals surface area contributed by atoms with Crippen LogP contribution in [0.25, 0.3) is 39.5 Å². The van der Waals surface area contributed by atoms with Crippen LogP contribution in [0.3, 0.4) is 0 Å². The van der Waals surface area contributed by atoms with E-state index in [1.807, 2.05) is 51.2 Å². The molecule has 0 aliphatic carbocycles. The maximum atomic E-state index is 13.9. The molecule has 2 aromatic carbocycles. The van der Waals surface area contributed by atoms with Crippen LogP contribution in [0.15, 0.2) is 60.7 Å². The van der Waals surface area contributed by atoms with Crippen molar-refractivity contribution in [3.8, 4) is 22.4 Å². The van der Waals surface area contributed by atoms with Crippen molar-refractivity contribution in [2.24, 2.45) is 7.05 Å². The molecule has 2 atom stereocenters. The highest BCUT2D eigenvalue weighted by molar-refractivity contribution is 6.06. The maximum Gasteiger partial charge on any atom is 0.305 e. The van der Waals surface area contributed by atoms with Crippen molar-refractivity contribution in [2.45, 2.75) is 44.8 Å². The van der Waals surface area contributed by atoms with Crippen LogP contribution in [-0.2, 0) is 11.8 Å². The summed E-state index contributed by atoms with van der Waals surface area (Å²) >= 11 is 0. The molecular weight excluding hydrogens is 473 g/mol. The van der Waals surface area contributed by atoms with E-state index in [0.29, 0.717) is 5.65 Å². The molecule has 4 rings (SSSR count). The Kier molecular flexibility index (Phi) is 7.80. The van der Waals surface area contributed by atoms with E-state index in [2.05, 4.69) is 0 Å². The molecule has 0 radical (unpaired) electrons. The van der Waals surface area contributed by atoms with Crippen LogP contribution in [0.4, 0.5) is 4.39 Å². The Hall–Kier alpha value is -3.88. The van der Waals surface area contributed by atoms with E-state index in [9.17, 15) is 19.4 Å². The molecule has 4 aromatic rings. The van der Waals surface area contributed by atoms with Crippen LogP contribution in [0.2, 0.25) is 0 Å². The molecule has 37 heavy (non-hydrogen) atoms. The lowest BCUT2D eigenvalue weighted by Crippen LogP contribution is -2.19. The standard InChI is InChI=1S/C29H30FN3O4/c1-17(2)27-23(14-13-21(34)15-22(35)16-24(36)37)25(18-9-11-20(30)12-10-18)26-28(19-7-5-4-6-8-19)32-33(3)29(26)31-27/h4-14,17,21-22,34-35H,15-16H2,1-3H3,(H,36,37)/b14-13+/t21-,22-/m1/s1. The van der Waals surface area contributed by atoms with Gasteiger partial charge >= 0.3 is 5.97 Å². The number of benzene rings is 2. The summed E-state index contributed by atoms with van der Waals surface area (Å²) in [5.74, 6) is -1.48. The number of hydrogen-bond acceptors (Lipinski definition) is 5. The Balaban J connectivity index is 1.97. The van der Waals surface area contributed by atoms with Crippen LogP contribution >= 0.6 is 0 Å². The molecule has 8 heteroatoms. The van der Waals surface area contributed by atoms with Crippen molar-refractivity contribution < 1.29 is 24.5 Å². The van der Waals surface area contributed by atoms with E-state index in [4.69, 9.17) is 15.2 Å². The summed E-state index contributed by atoms with van der Waals surface area (Å²) in [4.78, 5) is 15.9. The Morgan fingerprint density at radius 1 is 1.05 bits per heavy atom. The second kappa shape index (κ2) is 11.0. The number of pyridine rings is 1. The highest BCUT2D eigenvalue weighted by Crippen LogP contribution is 2.41. The van der Waals surface area contributed by atoms with Crippen LogP contribution in [0, 0.1) is 5.82 Å². The summed E-state index contributed by atoms with van der Waals surface area (Å²) < 4.78 is 15.6. The highest BCUT2D eigenvalue weighted by atomic mass is 19.1. The zero-order valence-corrected chi connectivity index (χ0v) is 21.0. The SMILES string of the molecule is CC(C)c1nc2c(c(-c3ccccc3)nn2C)c(-c2ccc(F)cc2)c1/C=C/[C@@H](O)C[C@@H](O)CC(=O)O. The Morgan fingerprint density at radius 3 is 2.35 bits per heavy atom. The molecule has 0 amide bonds. The van der Waals surface area contributed by atoms with Crippen molar-refractivity contribution in [3.63, 3.8) is 0 Å². The third-order valence-electron chi connectivity index (χ3n) is 6.17. The van der Waals surface area contributed by atoms with Gasteiger partial charge in [0.25, 0.3) is 0 Å². The van der Waals surface area contributed by atoms with Crippen LogP contribution in [0.5, 0.6) is 0 Å². The molecule has 2 heterocycles. The second-order valence-corrected chi connectivity index (χ2v) is 9.40. The first-order valence-corrected chi connectivity index (χ1v) is 12.1. The number of halogens is 1. The average molecular weight is 504 g/mol. The molecule has 0 saturated heterocycles. The van der Waals surface area contributed by atoms with Gasteiger partial charge in [-0.05, 0) is 23.6 Å². The monoisotopic (exact) mass is 503 g/mol. The zero-order valence-electron chi connectivity index (χ0n) is 21.0. The first kappa shape index (κ1) is 26.2. The summed E-state index contributed by atoms with van der Waals surface area (Å²) in [6, 6.07) is 16.0. The lowest BCUT2D eigenvalue weighted by Gasteiger charge is -2.17. The predicted octanol–water partition coefficient (Wildman–Crippen LogP) is 5.16. The molecular formula is C29H30FN3O4. The topological polar surface area (TPSA) is 108 Å². The Bertz CT molecular complexity index is 1430. The van der Waals surface area contributed by atoms with Gasteiger partial charge in [-0.3, -0.25) is 4.79 Å². The van der Waals surface area contributed by atoms with Gasteiger partial charge in [0.2, 0.25) is 0 Å². The van der Waals surface area contributed by atoms with Crippen molar-refractivity contribution in [1.29, 1.82) is 0 Å². The molecule has 0 bridgehead atoms. The fourth-order valence-electron chi connectivity index (χ4n) is 4.48. The lowest BCUT2D eigenvalue weighted by molar-refractivity contribution is -0.139. The number of rotatable bonds is 9. The molecule has 0 unspecified atom stereocenters. The zero-order chi connectivity index (χ0) is 26.7. The number of fused-ring (bicyclic) bond motifs is 1. The maximum absolute atomic E-state index is 13.9. The van der Waals surface area contributed by atoms with Gasteiger partial charge in [-0.15, -0.1) is 0 Å². The van der Waals surface area contributed by atoms with Crippen LogP contribution in [-0.4, -0.2) is 48.3 Å². The normalized spacial score (nSPS) is 13.5. The van der Waals surface area contributed by atoms with Crippen LogP contribution < -0.4 is 0 Å². The number of aliphatic carboxylic acids is 1. The van der Waals surface area contributed by atoms with Gasteiger partial charge in [0.1, 0.15) is 11.5 Å². The molecule has 2 aromatic heterocycles. The van der Waals surface area contributed by atoms with Crippen molar-refractivity contribution >= 4 is 23.1 Å². The first-order chi connectivity index (χ1) is 17.7. The Labute approximate surface area is 214 Å². The lowest BCUT2D eigenvalue weighted by atomic mass is 9.90. The molecule has 7 nitrogen and oxygen atoms in total. The molecule has 0 fully saturated rings. The number of carbonyl (C=O) groups is 1. The van der Waals surface area contributed by atoms with Crippen LogP contribution in [0.1, 0.15) is 43.9 Å². The summed E-state index contributed by atoms with van der Waals surface area (Å²) in [7, 11) is 1.84. The number of hydrogen-bond donors (Lipinski definition) is 3. The fraction of sp³-hybridized carbons (Fsp3) is 0.276. The number of nitrogens with zero attached hydrogens (tertiary/aromatic N) is 3. The average Bonchev–Trinajstić information content (AvgIpc) is 3.18. The number of aryl methyl sites for hydroxylation is 1. The summed E-state index contributed by atoms with van der Waals surface area (Å²) in [6.07, 6.45) is 0.456. The summed E-state index contributed by atoms with van der Waals surface area (Å²) in [5, 5.41) is 35.0. The third kappa shape index (κ3) is 5.76. The van der Waals surface area contributed by atoms with Crippen molar-refractivity contribution in [2.75, 3.05) is 0 Å². The number of aliphatic hydroxyl groups is 2. The van der Waals surface area contributed by atoms with E-state index in [1.54, 1.807) is 22.9 Å². The van der Waals surface area contributed by atoms with Gasteiger partial charge in [-0.1, -0.05) is 68.5 Å². The van der Waals surface area contributed by atoms with Gasteiger partial charge in [-0.25, -0.2) is 14.1 Å². The number of aliphatic hydroxyl groups excluding tert-OH is 2. The largest absolute Gasteiger partial charge is 0.481 e. The molecule has 0 spiro atoms. The van der Waals surface area contributed by atoms with Gasteiger partial charge in [-0.2, -0.15) is 5.10 Å². The second-order valence-electron chi connectivity index (χ2n) is 9.40. The minimum Gasteiger partial charge on any atom is -0.481 e. The molecule has 3 N–H and O–H groups in total. The molecule has 0 aliphatic rings. The van der Waals surface area contributed by atoms with Crippen molar-refractivity contribution in [3.05, 3.63) is 77.7 Å². The number of carboxylic acids is 1. The third-order valence-corrected chi connectivity index (χ3v) is 6.17. The first-order valence-electron chi connectivity index (χ1n) is 12.1. The summed E-state index contributed by atoms with van der Waals surface area (Å²) in [6.45, 7) is 4.03. The van der Waals surface area contributed by atoms with E-state index in [1.165, 1.54) is 18.2 Å². The minimum absolute atomic E-state index is 0.00747. The van der Waals surface area contributed by atoms with E-state index in [0.717, 1.165) is 39.0 Å². The molecule has 192 valence electrons. The van der Waals surface area contributed by atoms with Gasteiger partial charge < -0.3 is 15.3 Å². The Morgan fingerprint density at radius 2 is 1.73 bits per heavy atom. The molecule has 0 aliphatic heterocycles. The molecule has 0 saturated carbocycles. The van der Waals surface area contributed by atoms with E-state index < -0.39 is 24.6 Å². The van der Waals surface area contributed by atoms with E-state index >= 15 is 0 Å². The number of aromatic nitrogens is 3. The van der Waals surface area contributed by atoms with E-state index in [-0.39, 0.29) is 18.2 Å². The van der Waals surface area contributed by atoms with Crippen molar-refractivity contribution in [1.82, 2.24) is 14.8 Å². The number of carboxylic acid groups (broad SMARTS) is 1. The highest BCUT2D eigenvalue weighted by Gasteiger charge is 2.24. The quantitative estimate of drug-likeness (QED) is 0.291. The summed E-state index contributed by atoms with van der Waals surface area (Å²) in [5.41, 5.74) is 5.39. The van der Waals surface area contributed by atoms with Gasteiger partial charge in [0, 0.05) is 30.2 Å². The minimum atomic E-state index is -1.18.